The van der Waals surface area contributed by atoms with E-state index < -0.39 is 0 Å². The number of carbonyl (C=O) groups is 2. The molecule has 0 aliphatic rings. The summed E-state index contributed by atoms with van der Waals surface area (Å²) in [5.74, 6) is -0.627. The number of para-hydroxylation sites is 1. The molecule has 0 aliphatic heterocycles. The van der Waals surface area contributed by atoms with E-state index in [1.54, 1.807) is 0 Å². The Hall–Kier alpha value is -2.82. The van der Waals surface area contributed by atoms with E-state index in [-0.39, 0.29) is 24.8 Å². The topological polar surface area (TPSA) is 64.6 Å². The largest absolute Gasteiger partial charge is 0.469 e. The molecule has 2 rings (SSSR count). The zero-order chi connectivity index (χ0) is 16.7. The Labute approximate surface area is 135 Å². The Bertz CT molecular complexity index is 683. The standard InChI is InChI=1S/C18H19NO4/c1-22-17(20)11-13-8-9-14(12-18(21)23-2)16(10-13)19-15-6-4-3-5-7-15/h3-10,19H,11-12H2,1-2H3. The molecule has 0 amide bonds. The van der Waals surface area contributed by atoms with Gasteiger partial charge in [-0.15, -0.1) is 0 Å². The summed E-state index contributed by atoms with van der Waals surface area (Å²) in [7, 11) is 2.72. The van der Waals surface area contributed by atoms with Crippen molar-refractivity contribution in [2.75, 3.05) is 19.5 Å². The Morgan fingerprint density at radius 1 is 0.913 bits per heavy atom. The average Bonchev–Trinajstić information content (AvgIpc) is 2.57. The summed E-state index contributed by atoms with van der Waals surface area (Å²) in [6.45, 7) is 0. The number of benzene rings is 2. The molecule has 5 nitrogen and oxygen atoms in total. The molecular formula is C18H19NO4. The van der Waals surface area contributed by atoms with Crippen molar-refractivity contribution in [3.63, 3.8) is 0 Å². The normalized spacial score (nSPS) is 10.0. The lowest BCUT2D eigenvalue weighted by atomic mass is 10.0. The first kappa shape index (κ1) is 16.5. The quantitative estimate of drug-likeness (QED) is 0.831. The van der Waals surface area contributed by atoms with Crippen LogP contribution in [0.4, 0.5) is 11.4 Å². The molecule has 1 N–H and O–H groups in total. The summed E-state index contributed by atoms with van der Waals surface area (Å²) in [5.41, 5.74) is 3.27. The van der Waals surface area contributed by atoms with Crippen molar-refractivity contribution in [3.8, 4) is 0 Å². The molecule has 0 aromatic heterocycles. The lowest BCUT2D eigenvalue weighted by Crippen LogP contribution is -2.09. The van der Waals surface area contributed by atoms with Crippen LogP contribution in [0.2, 0.25) is 0 Å². The SMILES string of the molecule is COC(=O)Cc1ccc(CC(=O)OC)c(Nc2ccccc2)c1. The molecule has 0 aliphatic carbocycles. The molecule has 0 saturated carbocycles. The second kappa shape index (κ2) is 7.98. The van der Waals surface area contributed by atoms with E-state index in [0.717, 1.165) is 22.5 Å². The van der Waals surface area contributed by atoms with Gasteiger partial charge >= 0.3 is 11.9 Å². The highest BCUT2D eigenvalue weighted by molar-refractivity contribution is 5.78. The minimum atomic E-state index is -0.318. The number of anilines is 2. The van der Waals surface area contributed by atoms with Crippen LogP contribution < -0.4 is 5.32 Å². The number of ether oxygens (including phenoxy) is 2. The first-order valence-electron chi connectivity index (χ1n) is 7.20. The predicted octanol–water partition coefficient (Wildman–Crippen LogP) is 2.86. The monoisotopic (exact) mass is 313 g/mol. The smallest absolute Gasteiger partial charge is 0.310 e. The van der Waals surface area contributed by atoms with Crippen LogP contribution in [0.1, 0.15) is 11.1 Å². The molecule has 23 heavy (non-hydrogen) atoms. The zero-order valence-corrected chi connectivity index (χ0v) is 13.2. The fourth-order valence-corrected chi connectivity index (χ4v) is 2.15. The van der Waals surface area contributed by atoms with Crippen LogP contribution in [-0.2, 0) is 31.9 Å². The highest BCUT2D eigenvalue weighted by Gasteiger charge is 2.11. The minimum absolute atomic E-state index is 0.157. The Balaban J connectivity index is 2.30. The summed E-state index contributed by atoms with van der Waals surface area (Å²) in [6.07, 6.45) is 0.336. The van der Waals surface area contributed by atoms with Crippen molar-refractivity contribution in [3.05, 3.63) is 59.7 Å². The van der Waals surface area contributed by atoms with Crippen molar-refractivity contribution < 1.29 is 19.1 Å². The second-order valence-electron chi connectivity index (χ2n) is 4.99. The van der Waals surface area contributed by atoms with Gasteiger partial charge in [0.2, 0.25) is 0 Å². The van der Waals surface area contributed by atoms with Gasteiger partial charge in [0.05, 0.1) is 27.1 Å². The molecule has 0 atom stereocenters. The first-order valence-corrected chi connectivity index (χ1v) is 7.20. The molecule has 0 fully saturated rings. The average molecular weight is 313 g/mol. The lowest BCUT2D eigenvalue weighted by Gasteiger charge is -2.13. The van der Waals surface area contributed by atoms with Crippen LogP contribution in [0.5, 0.6) is 0 Å². The number of methoxy groups -OCH3 is 2. The van der Waals surface area contributed by atoms with Crippen molar-refractivity contribution in [1.29, 1.82) is 0 Å². The van der Waals surface area contributed by atoms with Gasteiger partial charge in [-0.25, -0.2) is 0 Å². The van der Waals surface area contributed by atoms with Gasteiger partial charge in [0.25, 0.3) is 0 Å². The van der Waals surface area contributed by atoms with Crippen LogP contribution in [0.15, 0.2) is 48.5 Å². The highest BCUT2D eigenvalue weighted by atomic mass is 16.5. The second-order valence-corrected chi connectivity index (χ2v) is 4.99. The van der Waals surface area contributed by atoms with Crippen LogP contribution in [0, 0.1) is 0 Å². The Kier molecular flexibility index (Phi) is 5.74. The van der Waals surface area contributed by atoms with E-state index in [1.165, 1.54) is 14.2 Å². The van der Waals surface area contributed by atoms with Gasteiger partial charge in [-0.2, -0.15) is 0 Å². The molecular weight excluding hydrogens is 294 g/mol. The van der Waals surface area contributed by atoms with Crippen LogP contribution in [0.25, 0.3) is 0 Å². The molecule has 2 aromatic carbocycles. The maximum Gasteiger partial charge on any atom is 0.310 e. The molecule has 0 unspecified atom stereocenters. The van der Waals surface area contributed by atoms with Gasteiger partial charge in [-0.05, 0) is 29.3 Å². The van der Waals surface area contributed by atoms with Crippen molar-refractivity contribution >= 4 is 23.3 Å². The number of rotatable bonds is 6. The number of hydrogen-bond acceptors (Lipinski definition) is 5. The summed E-state index contributed by atoms with van der Waals surface area (Å²) < 4.78 is 9.42. The van der Waals surface area contributed by atoms with E-state index in [9.17, 15) is 9.59 Å². The van der Waals surface area contributed by atoms with Gasteiger partial charge in [-0.3, -0.25) is 9.59 Å². The third-order valence-electron chi connectivity index (χ3n) is 3.37. The first-order chi connectivity index (χ1) is 11.1. The molecule has 5 heteroatoms. The fraction of sp³-hybridized carbons (Fsp3) is 0.222. The van der Waals surface area contributed by atoms with Crippen LogP contribution in [-0.4, -0.2) is 26.2 Å². The van der Waals surface area contributed by atoms with E-state index >= 15 is 0 Å². The number of nitrogens with one attached hydrogen (secondary N) is 1. The third-order valence-corrected chi connectivity index (χ3v) is 3.37. The Morgan fingerprint density at radius 3 is 2.22 bits per heavy atom. The van der Waals surface area contributed by atoms with E-state index in [1.807, 2.05) is 48.5 Å². The molecule has 0 spiro atoms. The van der Waals surface area contributed by atoms with Gasteiger partial charge in [0, 0.05) is 11.4 Å². The summed E-state index contributed by atoms with van der Waals surface area (Å²) in [5, 5.41) is 3.27. The number of esters is 2. The van der Waals surface area contributed by atoms with Crippen molar-refractivity contribution in [2.45, 2.75) is 12.8 Å². The Morgan fingerprint density at radius 2 is 1.57 bits per heavy atom. The molecule has 0 bridgehead atoms. The predicted molar refractivity (Wildman–Crippen MR) is 87.6 cm³/mol. The maximum atomic E-state index is 11.6. The van der Waals surface area contributed by atoms with E-state index in [2.05, 4.69) is 5.32 Å². The van der Waals surface area contributed by atoms with Crippen molar-refractivity contribution in [1.82, 2.24) is 0 Å². The zero-order valence-electron chi connectivity index (χ0n) is 13.2. The van der Waals surface area contributed by atoms with Gasteiger partial charge in [0.1, 0.15) is 0 Å². The van der Waals surface area contributed by atoms with Gasteiger partial charge in [-0.1, -0.05) is 30.3 Å². The van der Waals surface area contributed by atoms with Crippen LogP contribution >= 0.6 is 0 Å². The third kappa shape index (κ3) is 4.85. The molecule has 2 aromatic rings. The minimum Gasteiger partial charge on any atom is -0.469 e. The fourth-order valence-electron chi connectivity index (χ4n) is 2.15. The molecule has 0 radical (unpaired) electrons. The summed E-state index contributed by atoms with van der Waals surface area (Å²) >= 11 is 0. The lowest BCUT2D eigenvalue weighted by molar-refractivity contribution is -0.140. The highest BCUT2D eigenvalue weighted by Crippen LogP contribution is 2.24. The van der Waals surface area contributed by atoms with Gasteiger partial charge in [0.15, 0.2) is 0 Å². The summed E-state index contributed by atoms with van der Waals surface area (Å²) in [4.78, 5) is 23.0. The van der Waals surface area contributed by atoms with Crippen molar-refractivity contribution in [2.24, 2.45) is 0 Å². The van der Waals surface area contributed by atoms with Gasteiger partial charge < -0.3 is 14.8 Å². The molecule has 120 valence electrons. The molecule has 0 saturated heterocycles. The number of carbonyl (C=O) groups excluding carboxylic acids is 2. The summed E-state index contributed by atoms with van der Waals surface area (Å²) in [6, 6.07) is 15.1. The van der Waals surface area contributed by atoms with Crippen LogP contribution in [0.3, 0.4) is 0 Å². The maximum absolute atomic E-state index is 11.6. The van der Waals surface area contributed by atoms with E-state index in [0.29, 0.717) is 0 Å². The van der Waals surface area contributed by atoms with E-state index in [4.69, 9.17) is 9.47 Å². The molecule has 0 heterocycles. The number of hydrogen-bond donors (Lipinski definition) is 1.